The largest absolute Gasteiger partial charge is 0.385 e. The number of nitrogens with one attached hydrogen (secondary N) is 1. The molecule has 36 heavy (non-hydrogen) atoms. The van der Waals surface area contributed by atoms with Gasteiger partial charge in [0, 0.05) is 30.9 Å². The van der Waals surface area contributed by atoms with Gasteiger partial charge in [0.05, 0.1) is 0 Å². The summed E-state index contributed by atoms with van der Waals surface area (Å²) in [4.78, 5) is 28.8. The van der Waals surface area contributed by atoms with E-state index >= 15 is 0 Å². The number of amides is 2. The van der Waals surface area contributed by atoms with Crippen molar-refractivity contribution in [2.24, 2.45) is 17.1 Å². The summed E-state index contributed by atoms with van der Waals surface area (Å²) < 4.78 is 0. The first-order valence-corrected chi connectivity index (χ1v) is 13.7. The SMILES string of the molecule is CC1(CN2CCC(CNc3ccc(-c4ccc(C(=O)N5CCC[C@H]5C(N)=O)cc4)cc3)CC2)CCC1. The van der Waals surface area contributed by atoms with Gasteiger partial charge in [-0.05, 0) is 98.3 Å². The first-order valence-electron chi connectivity index (χ1n) is 13.7. The van der Waals surface area contributed by atoms with Gasteiger partial charge in [-0.15, -0.1) is 0 Å². The van der Waals surface area contributed by atoms with E-state index in [1.54, 1.807) is 4.90 Å². The van der Waals surface area contributed by atoms with Gasteiger partial charge in [-0.3, -0.25) is 9.59 Å². The summed E-state index contributed by atoms with van der Waals surface area (Å²) in [7, 11) is 0. The van der Waals surface area contributed by atoms with Crippen molar-refractivity contribution in [3.63, 3.8) is 0 Å². The van der Waals surface area contributed by atoms with Crippen LogP contribution in [0.2, 0.25) is 0 Å². The molecule has 2 aliphatic heterocycles. The lowest BCUT2D eigenvalue weighted by molar-refractivity contribution is -0.121. The Labute approximate surface area is 215 Å². The van der Waals surface area contributed by atoms with Gasteiger partial charge >= 0.3 is 0 Å². The molecule has 2 saturated heterocycles. The maximum Gasteiger partial charge on any atom is 0.254 e. The number of likely N-dealkylation sites (tertiary alicyclic amines) is 2. The van der Waals surface area contributed by atoms with Crippen molar-refractivity contribution in [2.75, 3.05) is 38.0 Å². The van der Waals surface area contributed by atoms with E-state index in [9.17, 15) is 9.59 Å². The predicted octanol–water partition coefficient (Wildman–Crippen LogP) is 4.76. The minimum absolute atomic E-state index is 0.120. The minimum atomic E-state index is -0.486. The van der Waals surface area contributed by atoms with Crippen molar-refractivity contribution in [1.82, 2.24) is 9.80 Å². The molecule has 0 spiro atoms. The number of hydrogen-bond acceptors (Lipinski definition) is 4. The Hall–Kier alpha value is -2.86. The average Bonchev–Trinajstić information content (AvgIpc) is 3.38. The normalized spacial score (nSPS) is 22.2. The van der Waals surface area contributed by atoms with Crippen LogP contribution in [-0.2, 0) is 4.79 Å². The van der Waals surface area contributed by atoms with E-state index in [-0.39, 0.29) is 5.91 Å². The molecule has 0 radical (unpaired) electrons. The third kappa shape index (κ3) is 5.59. The summed E-state index contributed by atoms with van der Waals surface area (Å²) in [6.07, 6.45) is 8.26. The van der Waals surface area contributed by atoms with Crippen LogP contribution in [0.3, 0.4) is 0 Å². The van der Waals surface area contributed by atoms with Crippen LogP contribution in [0.4, 0.5) is 5.69 Å². The maximum absolute atomic E-state index is 12.9. The van der Waals surface area contributed by atoms with Crippen molar-refractivity contribution in [3.8, 4) is 11.1 Å². The predicted molar refractivity (Wildman–Crippen MR) is 145 cm³/mol. The number of rotatable bonds is 8. The first kappa shape index (κ1) is 24.8. The summed E-state index contributed by atoms with van der Waals surface area (Å²) in [5.41, 5.74) is 10.00. The van der Waals surface area contributed by atoms with Crippen LogP contribution in [-0.4, -0.2) is 60.4 Å². The van der Waals surface area contributed by atoms with Gasteiger partial charge in [0.2, 0.25) is 5.91 Å². The van der Waals surface area contributed by atoms with Gasteiger partial charge in [-0.1, -0.05) is 37.6 Å². The Kier molecular flexibility index (Phi) is 7.33. The second-order valence-corrected chi connectivity index (χ2v) is 11.5. The highest BCUT2D eigenvalue weighted by Crippen LogP contribution is 2.41. The van der Waals surface area contributed by atoms with E-state index in [1.807, 2.05) is 24.3 Å². The van der Waals surface area contributed by atoms with Gasteiger partial charge in [-0.2, -0.15) is 0 Å². The number of benzene rings is 2. The molecular weight excluding hydrogens is 448 g/mol. The molecule has 1 aliphatic carbocycles. The smallest absolute Gasteiger partial charge is 0.254 e. The Bertz CT molecular complexity index is 1050. The number of piperidine rings is 1. The van der Waals surface area contributed by atoms with Crippen LogP contribution in [0.25, 0.3) is 11.1 Å². The molecule has 3 aliphatic rings. The van der Waals surface area contributed by atoms with E-state index < -0.39 is 11.9 Å². The summed E-state index contributed by atoms with van der Waals surface area (Å²) in [6, 6.07) is 15.7. The first-order chi connectivity index (χ1) is 17.4. The van der Waals surface area contributed by atoms with E-state index in [4.69, 9.17) is 5.73 Å². The van der Waals surface area contributed by atoms with Gasteiger partial charge in [-0.25, -0.2) is 0 Å². The molecule has 1 saturated carbocycles. The highest BCUT2D eigenvalue weighted by Gasteiger charge is 2.35. The summed E-state index contributed by atoms with van der Waals surface area (Å²) in [6.45, 7) is 7.83. The quantitative estimate of drug-likeness (QED) is 0.562. The van der Waals surface area contributed by atoms with Crippen molar-refractivity contribution >= 4 is 17.5 Å². The van der Waals surface area contributed by atoms with Crippen LogP contribution >= 0.6 is 0 Å². The zero-order valence-electron chi connectivity index (χ0n) is 21.5. The molecule has 1 atom stereocenters. The molecule has 3 fully saturated rings. The van der Waals surface area contributed by atoms with E-state index in [0.717, 1.165) is 35.7 Å². The number of hydrogen-bond donors (Lipinski definition) is 2. The summed E-state index contributed by atoms with van der Waals surface area (Å²) >= 11 is 0. The fourth-order valence-corrected chi connectivity index (χ4v) is 6.15. The lowest BCUT2D eigenvalue weighted by Gasteiger charge is -2.44. The van der Waals surface area contributed by atoms with Crippen LogP contribution < -0.4 is 11.1 Å². The molecule has 3 N–H and O–H groups in total. The summed E-state index contributed by atoms with van der Waals surface area (Å²) in [5.74, 6) is 0.199. The number of anilines is 1. The highest BCUT2D eigenvalue weighted by molar-refractivity contribution is 5.98. The third-order valence-corrected chi connectivity index (χ3v) is 8.66. The number of carbonyl (C=O) groups excluding carboxylic acids is 2. The molecule has 0 bridgehead atoms. The van der Waals surface area contributed by atoms with E-state index in [2.05, 4.69) is 41.4 Å². The molecule has 0 unspecified atom stereocenters. The minimum Gasteiger partial charge on any atom is -0.385 e. The molecule has 2 heterocycles. The van der Waals surface area contributed by atoms with Gasteiger partial charge < -0.3 is 20.9 Å². The Morgan fingerprint density at radius 2 is 1.56 bits per heavy atom. The molecule has 2 amide bonds. The topological polar surface area (TPSA) is 78.7 Å². The standard InChI is InChI=1S/C30H40N4O2/c1-30(15-3-16-30)21-33-18-13-22(14-19-33)20-32-26-11-9-24(10-12-26)23-5-7-25(8-6-23)29(36)34-17-2-4-27(34)28(31)35/h5-12,22,27,32H,2-4,13-21H2,1H3,(H2,31,35)/t27-/m0/s1. The summed E-state index contributed by atoms with van der Waals surface area (Å²) in [5, 5.41) is 3.64. The number of nitrogens with two attached hydrogens (primary N) is 1. The second-order valence-electron chi connectivity index (χ2n) is 11.5. The van der Waals surface area contributed by atoms with Crippen LogP contribution in [0.5, 0.6) is 0 Å². The molecule has 192 valence electrons. The monoisotopic (exact) mass is 488 g/mol. The average molecular weight is 489 g/mol. The number of nitrogens with zero attached hydrogens (tertiary/aromatic N) is 2. The zero-order valence-corrected chi connectivity index (χ0v) is 21.5. The molecule has 2 aromatic rings. The Morgan fingerprint density at radius 3 is 2.14 bits per heavy atom. The zero-order chi connectivity index (χ0) is 25.1. The van der Waals surface area contributed by atoms with E-state index in [1.165, 1.54) is 51.7 Å². The lowest BCUT2D eigenvalue weighted by atomic mass is 9.70. The maximum atomic E-state index is 12.9. The van der Waals surface area contributed by atoms with Crippen LogP contribution in [0, 0.1) is 11.3 Å². The fraction of sp³-hybridized carbons (Fsp3) is 0.533. The van der Waals surface area contributed by atoms with Crippen molar-refractivity contribution in [2.45, 2.75) is 57.9 Å². The molecule has 6 heteroatoms. The van der Waals surface area contributed by atoms with Crippen molar-refractivity contribution in [1.29, 1.82) is 0 Å². The molecule has 5 rings (SSSR count). The molecule has 6 nitrogen and oxygen atoms in total. The van der Waals surface area contributed by atoms with Crippen molar-refractivity contribution in [3.05, 3.63) is 54.1 Å². The van der Waals surface area contributed by atoms with Gasteiger partial charge in [0.25, 0.3) is 5.91 Å². The van der Waals surface area contributed by atoms with E-state index in [0.29, 0.717) is 23.9 Å². The van der Waals surface area contributed by atoms with Crippen LogP contribution in [0.1, 0.15) is 62.2 Å². The van der Waals surface area contributed by atoms with Gasteiger partial charge in [0.15, 0.2) is 0 Å². The van der Waals surface area contributed by atoms with Gasteiger partial charge in [0.1, 0.15) is 6.04 Å². The Morgan fingerprint density at radius 1 is 0.917 bits per heavy atom. The highest BCUT2D eigenvalue weighted by atomic mass is 16.2. The third-order valence-electron chi connectivity index (χ3n) is 8.66. The molecule has 0 aromatic heterocycles. The van der Waals surface area contributed by atoms with Crippen molar-refractivity contribution < 1.29 is 9.59 Å². The van der Waals surface area contributed by atoms with Crippen LogP contribution in [0.15, 0.2) is 48.5 Å². The molecule has 2 aromatic carbocycles. The molecular formula is C30H40N4O2. The Balaban J connectivity index is 1.10. The lowest BCUT2D eigenvalue weighted by Crippen LogP contribution is -2.44. The second kappa shape index (κ2) is 10.6. The number of carbonyl (C=O) groups is 2. The number of primary amides is 1. The fourth-order valence-electron chi connectivity index (χ4n) is 6.15.